The molecule has 0 radical (unpaired) electrons. The largest absolute Gasteiger partial charge is 0.390 e. The third kappa shape index (κ3) is 2.75. The van der Waals surface area contributed by atoms with E-state index in [0.29, 0.717) is 11.6 Å². The summed E-state index contributed by atoms with van der Waals surface area (Å²) < 4.78 is 1.57. The second-order valence-corrected chi connectivity index (χ2v) is 4.84. The average molecular weight is 247 g/mol. The van der Waals surface area contributed by atoms with Crippen LogP contribution in [0, 0.1) is 12.8 Å². The molecule has 4 nitrogen and oxygen atoms in total. The normalized spacial score (nSPS) is 15.5. The maximum atomic E-state index is 9.85. The molecule has 1 rings (SSSR count). The van der Waals surface area contributed by atoms with E-state index in [9.17, 15) is 10.2 Å². The summed E-state index contributed by atoms with van der Waals surface area (Å²) in [5, 5.41) is 24.3. The van der Waals surface area contributed by atoms with Crippen molar-refractivity contribution < 1.29 is 10.2 Å². The molecule has 5 heteroatoms. The van der Waals surface area contributed by atoms with Crippen molar-refractivity contribution >= 4 is 11.6 Å². The fourth-order valence-electron chi connectivity index (χ4n) is 1.68. The van der Waals surface area contributed by atoms with E-state index in [1.54, 1.807) is 11.7 Å². The molecule has 1 heterocycles. The first-order chi connectivity index (χ1) is 7.34. The summed E-state index contributed by atoms with van der Waals surface area (Å²) in [7, 11) is 1.75. The number of aliphatic hydroxyl groups excluding tert-OH is 2. The fourth-order valence-corrected chi connectivity index (χ4v) is 1.93. The number of aryl methyl sites for hydroxylation is 2. The Hall–Kier alpha value is -0.580. The summed E-state index contributed by atoms with van der Waals surface area (Å²) in [6.45, 7) is 5.58. The molecule has 2 N–H and O–H groups in total. The predicted octanol–water partition coefficient (Wildman–Crippen LogP) is 1.30. The van der Waals surface area contributed by atoms with Gasteiger partial charge in [0.15, 0.2) is 0 Å². The van der Waals surface area contributed by atoms with Gasteiger partial charge in [-0.25, -0.2) is 0 Å². The lowest BCUT2D eigenvalue weighted by atomic mass is 9.97. The quantitative estimate of drug-likeness (QED) is 0.842. The van der Waals surface area contributed by atoms with Crippen LogP contribution in [0.2, 0.25) is 5.15 Å². The monoisotopic (exact) mass is 246 g/mol. The lowest BCUT2D eigenvalue weighted by Crippen LogP contribution is -2.32. The van der Waals surface area contributed by atoms with Crippen molar-refractivity contribution in [2.75, 3.05) is 0 Å². The fraction of sp³-hybridized carbons (Fsp3) is 0.727. The molecule has 0 amide bonds. The molecule has 0 aliphatic carbocycles. The molecule has 2 atom stereocenters. The summed E-state index contributed by atoms with van der Waals surface area (Å²) in [6, 6.07) is 0. The highest BCUT2D eigenvalue weighted by Crippen LogP contribution is 2.22. The zero-order valence-electron chi connectivity index (χ0n) is 10.1. The lowest BCUT2D eigenvalue weighted by Gasteiger charge is -2.20. The third-order valence-electron chi connectivity index (χ3n) is 2.76. The van der Waals surface area contributed by atoms with Crippen LogP contribution in [0.25, 0.3) is 0 Å². The van der Waals surface area contributed by atoms with Crippen molar-refractivity contribution in [3.8, 4) is 0 Å². The average Bonchev–Trinajstić information content (AvgIpc) is 2.43. The summed E-state index contributed by atoms with van der Waals surface area (Å²) in [5.41, 5.74) is 1.60. The Morgan fingerprint density at radius 3 is 2.31 bits per heavy atom. The zero-order chi connectivity index (χ0) is 12.5. The number of rotatable bonds is 4. The number of aliphatic hydroxyl groups is 2. The van der Waals surface area contributed by atoms with Crippen molar-refractivity contribution in [1.29, 1.82) is 0 Å². The van der Waals surface area contributed by atoms with Gasteiger partial charge in [0.1, 0.15) is 5.15 Å². The minimum Gasteiger partial charge on any atom is -0.390 e. The molecular formula is C11H19ClN2O2. The van der Waals surface area contributed by atoms with Crippen LogP contribution in [-0.2, 0) is 13.5 Å². The van der Waals surface area contributed by atoms with Gasteiger partial charge in [0.25, 0.3) is 0 Å². The van der Waals surface area contributed by atoms with Crippen molar-refractivity contribution in [3.63, 3.8) is 0 Å². The van der Waals surface area contributed by atoms with Crippen LogP contribution in [0.3, 0.4) is 0 Å². The lowest BCUT2D eigenvalue weighted by molar-refractivity contribution is -0.00737. The molecule has 1 aromatic heterocycles. The van der Waals surface area contributed by atoms with Crippen LogP contribution in [-0.4, -0.2) is 32.2 Å². The van der Waals surface area contributed by atoms with Crippen molar-refractivity contribution in [1.82, 2.24) is 9.78 Å². The molecule has 2 unspecified atom stereocenters. The van der Waals surface area contributed by atoms with Crippen molar-refractivity contribution in [2.24, 2.45) is 13.0 Å². The first-order valence-electron chi connectivity index (χ1n) is 5.38. The summed E-state index contributed by atoms with van der Waals surface area (Å²) in [4.78, 5) is 0. The van der Waals surface area contributed by atoms with Crippen LogP contribution in [0.5, 0.6) is 0 Å². The van der Waals surface area contributed by atoms with Crippen LogP contribution in [0.4, 0.5) is 0 Å². The van der Waals surface area contributed by atoms with Gasteiger partial charge in [0.05, 0.1) is 17.9 Å². The number of nitrogens with zero attached hydrogens (tertiary/aromatic N) is 2. The minimum absolute atomic E-state index is 0.0192. The second-order valence-electron chi connectivity index (χ2n) is 4.48. The van der Waals surface area contributed by atoms with Gasteiger partial charge >= 0.3 is 0 Å². The van der Waals surface area contributed by atoms with Crippen LogP contribution in [0.1, 0.15) is 25.1 Å². The molecule has 16 heavy (non-hydrogen) atoms. The standard InChI is InChI=1S/C11H19ClN2O2/c1-6(2)10(16)9(15)5-8-7(3)13-14(4)11(8)12/h6,9-10,15-16H,5H2,1-4H3. The van der Waals surface area contributed by atoms with Crippen molar-refractivity contribution in [2.45, 2.75) is 39.4 Å². The van der Waals surface area contributed by atoms with Gasteiger partial charge in [0.2, 0.25) is 0 Å². The Morgan fingerprint density at radius 2 is 1.94 bits per heavy atom. The van der Waals surface area contributed by atoms with E-state index in [4.69, 9.17) is 11.6 Å². The van der Waals surface area contributed by atoms with E-state index in [2.05, 4.69) is 5.10 Å². The minimum atomic E-state index is -0.805. The Kier molecular flexibility index (Phi) is 4.35. The molecule has 0 saturated heterocycles. The van der Waals surface area contributed by atoms with E-state index in [1.165, 1.54) is 0 Å². The highest BCUT2D eigenvalue weighted by atomic mass is 35.5. The predicted molar refractivity (Wildman–Crippen MR) is 63.5 cm³/mol. The first-order valence-corrected chi connectivity index (χ1v) is 5.76. The Balaban J connectivity index is 2.80. The van der Waals surface area contributed by atoms with Gasteiger partial charge < -0.3 is 10.2 Å². The van der Waals surface area contributed by atoms with Crippen molar-refractivity contribution in [3.05, 3.63) is 16.4 Å². The number of hydrogen-bond acceptors (Lipinski definition) is 3. The van der Waals surface area contributed by atoms with Crippen LogP contribution in [0.15, 0.2) is 0 Å². The molecule has 0 fully saturated rings. The van der Waals surface area contributed by atoms with Gasteiger partial charge in [0, 0.05) is 19.0 Å². The summed E-state index contributed by atoms with van der Waals surface area (Å²) >= 11 is 6.05. The topological polar surface area (TPSA) is 58.3 Å². The number of hydrogen-bond donors (Lipinski definition) is 2. The highest BCUT2D eigenvalue weighted by molar-refractivity contribution is 6.30. The molecule has 0 bridgehead atoms. The summed E-state index contributed by atoms with van der Waals surface area (Å²) in [6.07, 6.45) is -1.21. The number of halogens is 1. The molecule has 1 aromatic rings. The molecule has 0 aliphatic rings. The highest BCUT2D eigenvalue weighted by Gasteiger charge is 2.23. The molecule has 0 saturated carbocycles. The SMILES string of the molecule is Cc1nn(C)c(Cl)c1CC(O)C(O)C(C)C. The summed E-state index contributed by atoms with van der Waals surface area (Å²) in [5.74, 6) is 0.0192. The molecule has 92 valence electrons. The van der Waals surface area contributed by atoms with Crippen LogP contribution < -0.4 is 0 Å². The Labute approximate surface area is 101 Å². The Morgan fingerprint density at radius 1 is 1.38 bits per heavy atom. The van der Waals surface area contributed by atoms with E-state index in [0.717, 1.165) is 11.3 Å². The van der Waals surface area contributed by atoms with E-state index in [1.807, 2.05) is 20.8 Å². The van der Waals surface area contributed by atoms with Crippen LogP contribution >= 0.6 is 11.6 Å². The Bertz CT molecular complexity index is 363. The van der Waals surface area contributed by atoms with Gasteiger partial charge in [-0.05, 0) is 12.8 Å². The van der Waals surface area contributed by atoms with E-state index >= 15 is 0 Å². The van der Waals surface area contributed by atoms with E-state index < -0.39 is 12.2 Å². The maximum absolute atomic E-state index is 9.85. The van der Waals surface area contributed by atoms with Gasteiger partial charge in [-0.15, -0.1) is 0 Å². The van der Waals surface area contributed by atoms with Gasteiger partial charge in [-0.2, -0.15) is 5.10 Å². The van der Waals surface area contributed by atoms with Gasteiger partial charge in [-0.3, -0.25) is 4.68 Å². The maximum Gasteiger partial charge on any atom is 0.130 e. The second kappa shape index (κ2) is 5.17. The van der Waals surface area contributed by atoms with E-state index in [-0.39, 0.29) is 5.92 Å². The smallest absolute Gasteiger partial charge is 0.130 e. The molecule has 0 aromatic carbocycles. The third-order valence-corrected chi connectivity index (χ3v) is 3.23. The number of aromatic nitrogens is 2. The zero-order valence-corrected chi connectivity index (χ0v) is 10.9. The molecular weight excluding hydrogens is 228 g/mol. The first kappa shape index (κ1) is 13.5. The molecule has 0 spiro atoms. The van der Waals surface area contributed by atoms with Gasteiger partial charge in [-0.1, -0.05) is 25.4 Å². The molecule has 0 aliphatic heterocycles.